The van der Waals surface area contributed by atoms with Crippen molar-refractivity contribution in [2.24, 2.45) is 0 Å². The van der Waals surface area contributed by atoms with Crippen molar-refractivity contribution in [3.63, 3.8) is 0 Å². The molecule has 0 bridgehead atoms. The van der Waals surface area contributed by atoms with Crippen molar-refractivity contribution in [2.45, 2.75) is 12.5 Å². The lowest BCUT2D eigenvalue weighted by molar-refractivity contribution is 0.117. The molecule has 1 heterocycles. The highest BCUT2D eigenvalue weighted by atomic mass is 32.2. The van der Waals surface area contributed by atoms with Gasteiger partial charge < -0.3 is 9.47 Å². The zero-order chi connectivity index (χ0) is 11.3. The Bertz CT molecular complexity index is 333. The van der Waals surface area contributed by atoms with E-state index in [-0.39, 0.29) is 25.4 Å². The van der Waals surface area contributed by atoms with Crippen molar-refractivity contribution in [3.8, 4) is 0 Å². The number of cyclic esters (lactones) is 2. The van der Waals surface area contributed by atoms with E-state index >= 15 is 0 Å². The van der Waals surface area contributed by atoms with Crippen LogP contribution in [0.3, 0.4) is 0 Å². The van der Waals surface area contributed by atoms with Gasteiger partial charge in [-0.05, 0) is 0 Å². The number of hydrogen-bond acceptors (Lipinski definition) is 6. The molecule has 6 nitrogen and oxygen atoms in total. The molecule has 1 saturated heterocycles. The van der Waals surface area contributed by atoms with Gasteiger partial charge in [0, 0.05) is 6.42 Å². The molecule has 1 aliphatic heterocycles. The van der Waals surface area contributed by atoms with Gasteiger partial charge in [0.05, 0.1) is 12.4 Å². The molecule has 0 spiro atoms. The van der Waals surface area contributed by atoms with E-state index in [2.05, 4.69) is 20.2 Å². The third-order valence-corrected chi connectivity index (χ3v) is 2.94. The molecule has 1 atom stereocenters. The monoisotopic (exact) mass is 236 g/mol. The van der Waals surface area contributed by atoms with Gasteiger partial charge in [0.25, 0.3) is 10.1 Å². The molecule has 86 valence electrons. The van der Waals surface area contributed by atoms with Crippen molar-refractivity contribution < 1.29 is 26.9 Å². The van der Waals surface area contributed by atoms with E-state index in [4.69, 9.17) is 0 Å². The summed E-state index contributed by atoms with van der Waals surface area (Å²) < 4.78 is 36.0. The zero-order valence-corrected chi connectivity index (χ0v) is 8.86. The first-order valence-corrected chi connectivity index (χ1v) is 5.92. The molecule has 1 unspecified atom stereocenters. The molecule has 0 aromatic rings. The highest BCUT2D eigenvalue weighted by molar-refractivity contribution is 7.86. The van der Waals surface area contributed by atoms with Crippen LogP contribution in [0.2, 0.25) is 0 Å². The van der Waals surface area contributed by atoms with Gasteiger partial charge in [-0.3, -0.25) is 4.18 Å². The molecule has 0 aromatic carbocycles. The van der Waals surface area contributed by atoms with Gasteiger partial charge in [0.1, 0.15) is 12.7 Å². The average molecular weight is 236 g/mol. The third kappa shape index (κ3) is 4.30. The lowest BCUT2D eigenvalue weighted by Crippen LogP contribution is -2.18. The summed E-state index contributed by atoms with van der Waals surface area (Å²) in [6, 6.07) is 0. The summed E-state index contributed by atoms with van der Waals surface area (Å²) in [4.78, 5) is 10.5. The summed E-state index contributed by atoms with van der Waals surface area (Å²) >= 11 is 0. The van der Waals surface area contributed by atoms with Crippen LogP contribution in [0.25, 0.3) is 0 Å². The zero-order valence-electron chi connectivity index (χ0n) is 8.05. The second-order valence-corrected chi connectivity index (χ2v) is 4.68. The van der Waals surface area contributed by atoms with Crippen molar-refractivity contribution >= 4 is 16.3 Å². The molecular weight excluding hydrogens is 224 g/mol. The summed E-state index contributed by atoms with van der Waals surface area (Å²) in [6.07, 6.45) is 0.255. The summed E-state index contributed by atoms with van der Waals surface area (Å²) in [6.45, 7) is 3.37. The van der Waals surface area contributed by atoms with Crippen LogP contribution in [0, 0.1) is 0 Å². The van der Waals surface area contributed by atoms with E-state index in [1.807, 2.05) is 0 Å². The quantitative estimate of drug-likeness (QED) is 0.378. The topological polar surface area (TPSA) is 78.9 Å². The highest BCUT2D eigenvalue weighted by Crippen LogP contribution is 2.11. The third-order valence-electron chi connectivity index (χ3n) is 1.71. The number of hydrogen-bond donors (Lipinski definition) is 0. The van der Waals surface area contributed by atoms with Gasteiger partial charge in [0.2, 0.25) is 0 Å². The van der Waals surface area contributed by atoms with Gasteiger partial charge >= 0.3 is 6.16 Å². The Labute approximate surface area is 87.9 Å². The van der Waals surface area contributed by atoms with Gasteiger partial charge in [0.15, 0.2) is 0 Å². The second-order valence-electron chi connectivity index (χ2n) is 2.92. The molecule has 0 radical (unpaired) electrons. The Balaban J connectivity index is 2.29. The van der Waals surface area contributed by atoms with E-state index in [1.54, 1.807) is 0 Å². The van der Waals surface area contributed by atoms with Crippen LogP contribution in [-0.2, 0) is 23.8 Å². The molecule has 7 heteroatoms. The largest absolute Gasteiger partial charge is 0.508 e. The average Bonchev–Trinajstić information content (AvgIpc) is 2.59. The smallest absolute Gasteiger partial charge is 0.430 e. The standard InChI is InChI=1S/C8H12O6S/c1-2-4-13-15(10,11)5-3-7-6-12-8(9)14-7/h2,7H,1,3-6H2. The first-order valence-electron chi connectivity index (χ1n) is 4.35. The first-order chi connectivity index (χ1) is 7.03. The number of ether oxygens (including phenoxy) is 2. The van der Waals surface area contributed by atoms with Crippen LogP contribution in [-0.4, -0.2) is 39.6 Å². The molecular formula is C8H12O6S. The van der Waals surface area contributed by atoms with Crippen molar-refractivity contribution in [3.05, 3.63) is 12.7 Å². The minimum atomic E-state index is -3.57. The molecule has 0 saturated carbocycles. The maximum Gasteiger partial charge on any atom is 0.508 e. The summed E-state index contributed by atoms with van der Waals surface area (Å²) in [5.41, 5.74) is 0. The Morgan fingerprint density at radius 1 is 1.60 bits per heavy atom. The fraction of sp³-hybridized carbons (Fsp3) is 0.625. The molecule has 15 heavy (non-hydrogen) atoms. The molecule has 0 amide bonds. The van der Waals surface area contributed by atoms with E-state index in [0.717, 1.165) is 0 Å². The first kappa shape index (κ1) is 12.0. The predicted octanol–water partition coefficient (Wildman–Crippen LogP) is 0.444. The Kier molecular flexibility index (Phi) is 4.10. The molecule has 1 aliphatic rings. The summed E-state index contributed by atoms with van der Waals surface area (Å²) in [5, 5.41) is 0. The van der Waals surface area contributed by atoms with E-state index < -0.39 is 22.4 Å². The van der Waals surface area contributed by atoms with Crippen LogP contribution in [0.4, 0.5) is 4.79 Å². The molecule has 0 aliphatic carbocycles. The maximum absolute atomic E-state index is 11.2. The minimum absolute atomic E-state index is 0.0523. The fourth-order valence-corrected chi connectivity index (χ4v) is 1.97. The Hall–Kier alpha value is -1.08. The number of carbonyl (C=O) groups excluding carboxylic acids is 1. The Morgan fingerprint density at radius 2 is 2.33 bits per heavy atom. The van der Waals surface area contributed by atoms with Crippen molar-refractivity contribution in [2.75, 3.05) is 19.0 Å². The summed E-state index contributed by atoms with van der Waals surface area (Å²) in [7, 11) is -3.57. The Morgan fingerprint density at radius 3 is 2.87 bits per heavy atom. The van der Waals surface area contributed by atoms with Crippen LogP contribution in [0.5, 0.6) is 0 Å². The maximum atomic E-state index is 11.2. The predicted molar refractivity (Wildman–Crippen MR) is 50.8 cm³/mol. The van der Waals surface area contributed by atoms with Gasteiger partial charge in [-0.2, -0.15) is 8.42 Å². The SMILES string of the molecule is C=CCOS(=O)(=O)CCC1COC(=O)O1. The van der Waals surface area contributed by atoms with Crippen LogP contribution in [0.1, 0.15) is 6.42 Å². The lowest BCUT2D eigenvalue weighted by atomic mass is 10.3. The van der Waals surface area contributed by atoms with Gasteiger partial charge in [-0.1, -0.05) is 6.08 Å². The van der Waals surface area contributed by atoms with Gasteiger partial charge in [-0.25, -0.2) is 4.79 Å². The van der Waals surface area contributed by atoms with E-state index in [9.17, 15) is 13.2 Å². The molecule has 0 aromatic heterocycles. The van der Waals surface area contributed by atoms with Crippen molar-refractivity contribution in [1.82, 2.24) is 0 Å². The molecule has 0 N–H and O–H groups in total. The highest BCUT2D eigenvalue weighted by Gasteiger charge is 2.26. The van der Waals surface area contributed by atoms with E-state index in [0.29, 0.717) is 0 Å². The lowest BCUT2D eigenvalue weighted by Gasteiger charge is -2.06. The molecule has 1 rings (SSSR count). The van der Waals surface area contributed by atoms with E-state index in [1.165, 1.54) is 6.08 Å². The van der Waals surface area contributed by atoms with Crippen LogP contribution in [0.15, 0.2) is 12.7 Å². The minimum Gasteiger partial charge on any atom is -0.430 e. The van der Waals surface area contributed by atoms with Crippen LogP contribution >= 0.6 is 0 Å². The second kappa shape index (κ2) is 5.13. The molecule has 1 fully saturated rings. The summed E-state index contributed by atoms with van der Waals surface area (Å²) in [5.74, 6) is -0.206. The normalized spacial score (nSPS) is 20.8. The van der Waals surface area contributed by atoms with Crippen LogP contribution < -0.4 is 0 Å². The van der Waals surface area contributed by atoms with Gasteiger partial charge in [-0.15, -0.1) is 6.58 Å². The fourth-order valence-electron chi connectivity index (χ4n) is 0.994. The number of carbonyl (C=O) groups is 1. The van der Waals surface area contributed by atoms with Crippen molar-refractivity contribution in [1.29, 1.82) is 0 Å². The number of rotatable bonds is 6.